The highest BCUT2D eigenvalue weighted by Gasteiger charge is 2.35. The summed E-state index contributed by atoms with van der Waals surface area (Å²) in [5.41, 5.74) is 2.85. The monoisotopic (exact) mass is 351 g/mol. The number of benzene rings is 2. The van der Waals surface area contributed by atoms with Gasteiger partial charge in [-0.3, -0.25) is 9.69 Å². The Kier molecular flexibility index (Phi) is 5.16. The van der Waals surface area contributed by atoms with Crippen molar-refractivity contribution in [2.75, 3.05) is 11.9 Å². The topological polar surface area (TPSA) is 56.2 Å². The van der Waals surface area contributed by atoms with Gasteiger partial charge in [0.2, 0.25) is 5.91 Å². The Morgan fingerprint density at radius 3 is 2.42 bits per heavy atom. The van der Waals surface area contributed by atoms with Crippen molar-refractivity contribution in [3.05, 3.63) is 77.4 Å². The molecule has 0 saturated heterocycles. The first-order chi connectivity index (χ1) is 12.5. The molecule has 2 N–H and O–H groups in total. The molecule has 0 fully saturated rings. The van der Waals surface area contributed by atoms with E-state index in [0.717, 1.165) is 16.8 Å². The molecule has 0 spiro atoms. The van der Waals surface area contributed by atoms with Crippen LogP contribution in [0.1, 0.15) is 31.7 Å². The summed E-state index contributed by atoms with van der Waals surface area (Å²) in [5, 5.41) is 11.7. The lowest BCUT2D eigenvalue weighted by Gasteiger charge is -2.36. The summed E-state index contributed by atoms with van der Waals surface area (Å²) in [6.07, 6.45) is 0.269. The van der Waals surface area contributed by atoms with Gasteiger partial charge in [0.25, 0.3) is 0 Å². The summed E-state index contributed by atoms with van der Waals surface area (Å²) in [6.45, 7) is 4.16. The van der Waals surface area contributed by atoms with Gasteiger partial charge in [-0.15, -0.1) is 0 Å². The highest BCUT2D eigenvalue weighted by molar-refractivity contribution is 6.01. The van der Waals surface area contributed by atoms with Crippen molar-refractivity contribution >= 4 is 17.3 Å². The molecular formula is C21H22FN3O. The second-order valence-corrected chi connectivity index (χ2v) is 6.32. The van der Waals surface area contributed by atoms with Crippen LogP contribution in [0.25, 0.3) is 0 Å². The Bertz CT molecular complexity index is 843. The largest absolute Gasteiger partial charge is 0.341 e. The molecule has 3 rings (SSSR count). The Labute approximate surface area is 152 Å². The van der Waals surface area contributed by atoms with Gasteiger partial charge in [0.15, 0.2) is 0 Å². The zero-order valence-corrected chi connectivity index (χ0v) is 14.9. The SMILES string of the molecule is CCN1C(=O)CC(c2ccc(F)cc2)C(C(C)=N)=C1Nc1ccccc1. The average Bonchev–Trinajstić information content (AvgIpc) is 2.62. The van der Waals surface area contributed by atoms with Crippen LogP contribution < -0.4 is 5.32 Å². The van der Waals surface area contributed by atoms with Gasteiger partial charge in [-0.1, -0.05) is 30.3 Å². The van der Waals surface area contributed by atoms with Crippen molar-refractivity contribution in [1.82, 2.24) is 4.90 Å². The van der Waals surface area contributed by atoms with E-state index < -0.39 is 0 Å². The van der Waals surface area contributed by atoms with Crippen LogP contribution in [-0.4, -0.2) is 23.1 Å². The summed E-state index contributed by atoms with van der Waals surface area (Å²) in [6, 6.07) is 15.8. The molecule has 2 aromatic rings. The fourth-order valence-corrected chi connectivity index (χ4v) is 3.37. The van der Waals surface area contributed by atoms with Gasteiger partial charge >= 0.3 is 0 Å². The van der Waals surface area contributed by atoms with E-state index in [-0.39, 0.29) is 24.1 Å². The van der Waals surface area contributed by atoms with Gasteiger partial charge in [-0.25, -0.2) is 4.39 Å². The number of anilines is 1. The Balaban J connectivity index is 2.12. The van der Waals surface area contributed by atoms with E-state index >= 15 is 0 Å². The van der Waals surface area contributed by atoms with Crippen LogP contribution in [-0.2, 0) is 4.79 Å². The lowest BCUT2D eigenvalue weighted by Crippen LogP contribution is -2.41. The maximum atomic E-state index is 13.3. The Hall–Kier alpha value is -2.95. The van der Waals surface area contributed by atoms with Crippen LogP contribution >= 0.6 is 0 Å². The second kappa shape index (κ2) is 7.52. The fraction of sp³-hybridized carbons (Fsp3) is 0.238. The Morgan fingerprint density at radius 1 is 1.19 bits per heavy atom. The summed E-state index contributed by atoms with van der Waals surface area (Å²) < 4.78 is 13.3. The molecule has 0 bridgehead atoms. The zero-order chi connectivity index (χ0) is 18.7. The molecule has 5 heteroatoms. The molecular weight excluding hydrogens is 329 g/mol. The third-order valence-corrected chi connectivity index (χ3v) is 4.58. The normalized spacial score (nSPS) is 17.4. The fourth-order valence-electron chi connectivity index (χ4n) is 3.37. The first-order valence-electron chi connectivity index (χ1n) is 8.68. The van der Waals surface area contributed by atoms with E-state index in [2.05, 4.69) is 5.32 Å². The summed E-state index contributed by atoms with van der Waals surface area (Å²) in [5.74, 6) is 0.0439. The number of amides is 1. The number of para-hydroxylation sites is 1. The number of carbonyl (C=O) groups excluding carboxylic acids is 1. The molecule has 1 heterocycles. The van der Waals surface area contributed by atoms with Crippen LogP contribution in [0.4, 0.5) is 10.1 Å². The number of nitrogens with zero attached hydrogens (tertiary/aromatic N) is 1. The van der Waals surface area contributed by atoms with Crippen molar-refractivity contribution < 1.29 is 9.18 Å². The van der Waals surface area contributed by atoms with Crippen LogP contribution in [0.3, 0.4) is 0 Å². The van der Waals surface area contributed by atoms with Crippen LogP contribution in [0.5, 0.6) is 0 Å². The molecule has 134 valence electrons. The maximum Gasteiger partial charge on any atom is 0.229 e. The maximum absolute atomic E-state index is 13.3. The molecule has 26 heavy (non-hydrogen) atoms. The number of rotatable bonds is 5. The Morgan fingerprint density at radius 2 is 1.85 bits per heavy atom. The number of allylic oxidation sites excluding steroid dienone is 1. The van der Waals surface area contributed by atoms with Gasteiger partial charge in [0.05, 0.1) is 0 Å². The van der Waals surface area contributed by atoms with Crippen LogP contribution in [0.15, 0.2) is 66.0 Å². The molecule has 2 aromatic carbocycles. The minimum Gasteiger partial charge on any atom is -0.341 e. The van der Waals surface area contributed by atoms with Crippen molar-refractivity contribution in [2.45, 2.75) is 26.2 Å². The van der Waals surface area contributed by atoms with Crippen molar-refractivity contribution in [3.8, 4) is 0 Å². The van der Waals surface area contributed by atoms with Gasteiger partial charge in [0.1, 0.15) is 11.6 Å². The minimum absolute atomic E-state index is 0.00902. The number of carbonyl (C=O) groups is 1. The summed E-state index contributed by atoms with van der Waals surface area (Å²) in [7, 11) is 0. The van der Waals surface area contributed by atoms with E-state index in [0.29, 0.717) is 18.1 Å². The molecule has 1 amide bonds. The van der Waals surface area contributed by atoms with Gasteiger partial charge in [0, 0.05) is 35.9 Å². The highest BCUT2D eigenvalue weighted by Crippen LogP contribution is 2.37. The number of nitrogens with one attached hydrogen (secondary N) is 2. The first-order valence-corrected chi connectivity index (χ1v) is 8.68. The predicted molar refractivity (Wildman–Crippen MR) is 102 cm³/mol. The van der Waals surface area contributed by atoms with Gasteiger partial charge < -0.3 is 10.7 Å². The standard InChI is InChI=1S/C21H22FN3O/c1-3-25-19(26)13-18(15-9-11-16(22)12-10-15)20(14(2)23)21(25)24-17-7-5-4-6-8-17/h4-12,18,23-24H,3,13H2,1-2H3. The average molecular weight is 351 g/mol. The molecule has 4 nitrogen and oxygen atoms in total. The molecule has 0 aromatic heterocycles. The van der Waals surface area contributed by atoms with E-state index in [4.69, 9.17) is 5.41 Å². The quantitative estimate of drug-likeness (QED) is 0.778. The predicted octanol–water partition coefficient (Wildman–Crippen LogP) is 4.52. The zero-order valence-electron chi connectivity index (χ0n) is 14.9. The molecule has 0 radical (unpaired) electrons. The molecule has 0 aliphatic carbocycles. The van der Waals surface area contributed by atoms with Crippen molar-refractivity contribution in [2.24, 2.45) is 0 Å². The molecule has 1 unspecified atom stereocenters. The summed E-state index contributed by atoms with van der Waals surface area (Å²) >= 11 is 0. The number of hydrogen-bond acceptors (Lipinski definition) is 3. The molecule has 0 saturated carbocycles. The number of hydrogen-bond donors (Lipinski definition) is 2. The number of halogens is 1. The smallest absolute Gasteiger partial charge is 0.229 e. The van der Waals surface area contributed by atoms with E-state index in [1.54, 1.807) is 24.0 Å². The van der Waals surface area contributed by atoms with E-state index in [9.17, 15) is 9.18 Å². The lowest BCUT2D eigenvalue weighted by molar-refractivity contribution is -0.130. The molecule has 1 atom stereocenters. The van der Waals surface area contributed by atoms with E-state index in [1.165, 1.54) is 12.1 Å². The van der Waals surface area contributed by atoms with Crippen molar-refractivity contribution in [1.29, 1.82) is 5.41 Å². The lowest BCUT2D eigenvalue weighted by atomic mass is 9.83. The highest BCUT2D eigenvalue weighted by atomic mass is 19.1. The van der Waals surface area contributed by atoms with Crippen LogP contribution in [0.2, 0.25) is 0 Å². The van der Waals surface area contributed by atoms with Crippen LogP contribution in [0, 0.1) is 11.2 Å². The second-order valence-electron chi connectivity index (χ2n) is 6.32. The summed E-state index contributed by atoms with van der Waals surface area (Å²) in [4.78, 5) is 14.4. The third-order valence-electron chi connectivity index (χ3n) is 4.58. The molecule has 1 aliphatic heterocycles. The minimum atomic E-state index is -0.314. The van der Waals surface area contributed by atoms with Crippen molar-refractivity contribution in [3.63, 3.8) is 0 Å². The first kappa shape index (κ1) is 17.9. The van der Waals surface area contributed by atoms with E-state index in [1.807, 2.05) is 37.3 Å². The molecule has 1 aliphatic rings. The van der Waals surface area contributed by atoms with Gasteiger partial charge in [-0.05, 0) is 43.7 Å². The third kappa shape index (κ3) is 3.52. The van der Waals surface area contributed by atoms with Gasteiger partial charge in [-0.2, -0.15) is 0 Å².